The van der Waals surface area contributed by atoms with Crippen molar-refractivity contribution in [3.8, 4) is 5.75 Å². The Hall–Kier alpha value is -3.48. The van der Waals surface area contributed by atoms with Crippen LogP contribution in [0.4, 0.5) is 14.5 Å². The third-order valence-corrected chi connectivity index (χ3v) is 7.23. The third-order valence-electron chi connectivity index (χ3n) is 6.14. The molecule has 2 aromatic rings. The van der Waals surface area contributed by atoms with Crippen LogP contribution in [0.5, 0.6) is 5.75 Å². The monoisotopic (exact) mass is 563 g/mol. The van der Waals surface area contributed by atoms with Gasteiger partial charge >= 0.3 is 11.9 Å². The van der Waals surface area contributed by atoms with Crippen LogP contribution < -0.4 is 4.74 Å². The van der Waals surface area contributed by atoms with Crippen LogP contribution in [0.2, 0.25) is 0 Å². The lowest BCUT2D eigenvalue weighted by molar-refractivity contribution is -0.134. The Labute approximate surface area is 229 Å². The number of aliphatic imine (C=N–C) groups is 1. The number of aliphatic carboxylic acids is 2. The Morgan fingerprint density at radius 3 is 2.44 bits per heavy atom. The largest absolute Gasteiger partial charge is 0.491 e. The van der Waals surface area contributed by atoms with Crippen LogP contribution in [0, 0.1) is 11.6 Å². The predicted octanol–water partition coefficient (Wildman–Crippen LogP) is 3.75. The van der Waals surface area contributed by atoms with Crippen molar-refractivity contribution >= 4 is 34.6 Å². The SMILES string of the molecule is CN(C1=Nc2ccccc2CS1)C1CCN(C[C@H](O)COc2ccc(F)c(F)c2)CC1.O=C(O)C=CC(=O)O. The van der Waals surface area contributed by atoms with Crippen LogP contribution in [0.1, 0.15) is 18.4 Å². The average molecular weight is 564 g/mol. The van der Waals surface area contributed by atoms with E-state index >= 15 is 0 Å². The van der Waals surface area contributed by atoms with Gasteiger partial charge in [0.05, 0.1) is 5.69 Å². The number of nitrogens with zero attached hydrogens (tertiary/aromatic N) is 3. The summed E-state index contributed by atoms with van der Waals surface area (Å²) in [7, 11) is 2.12. The summed E-state index contributed by atoms with van der Waals surface area (Å²) in [4.78, 5) is 28.5. The van der Waals surface area contributed by atoms with Crippen LogP contribution in [0.15, 0.2) is 59.6 Å². The van der Waals surface area contributed by atoms with E-state index in [1.807, 2.05) is 6.07 Å². The molecule has 2 aliphatic rings. The Morgan fingerprint density at radius 2 is 1.79 bits per heavy atom. The van der Waals surface area contributed by atoms with Crippen molar-refractivity contribution in [1.29, 1.82) is 0 Å². The van der Waals surface area contributed by atoms with Gasteiger partial charge in [0.25, 0.3) is 0 Å². The van der Waals surface area contributed by atoms with Crippen molar-refractivity contribution in [1.82, 2.24) is 9.80 Å². The van der Waals surface area contributed by atoms with E-state index in [0.29, 0.717) is 24.7 Å². The minimum Gasteiger partial charge on any atom is -0.491 e. The number of thioether (sulfide) groups is 1. The van der Waals surface area contributed by atoms with Gasteiger partial charge in [-0.2, -0.15) is 0 Å². The highest BCUT2D eigenvalue weighted by atomic mass is 32.2. The van der Waals surface area contributed by atoms with E-state index in [4.69, 9.17) is 19.9 Å². The number of likely N-dealkylation sites (tertiary alicyclic amines) is 1. The number of aliphatic hydroxyl groups excluding tert-OH is 1. The molecule has 0 aliphatic carbocycles. The van der Waals surface area contributed by atoms with E-state index in [0.717, 1.165) is 54.7 Å². The fourth-order valence-corrected chi connectivity index (χ4v) is 5.14. The van der Waals surface area contributed by atoms with Crippen molar-refractivity contribution < 1.29 is 38.4 Å². The van der Waals surface area contributed by atoms with Gasteiger partial charge in [-0.25, -0.2) is 23.4 Å². The van der Waals surface area contributed by atoms with Crippen molar-refractivity contribution in [3.63, 3.8) is 0 Å². The Balaban J connectivity index is 0.000000459. The van der Waals surface area contributed by atoms with Crippen LogP contribution in [-0.4, -0.2) is 87.7 Å². The van der Waals surface area contributed by atoms with Gasteiger partial charge in [0.2, 0.25) is 0 Å². The fourth-order valence-electron chi connectivity index (χ4n) is 4.10. The number of carboxylic acid groups (broad SMARTS) is 2. The summed E-state index contributed by atoms with van der Waals surface area (Å²) < 4.78 is 31.6. The number of hydrogen-bond acceptors (Lipinski definition) is 8. The number of amidine groups is 1. The molecular formula is C27H31F2N3O6S. The lowest BCUT2D eigenvalue weighted by Crippen LogP contribution is -2.47. The van der Waals surface area contributed by atoms with Crippen LogP contribution >= 0.6 is 11.8 Å². The molecule has 0 spiro atoms. The number of aliphatic hydroxyl groups is 1. The van der Waals surface area contributed by atoms with Gasteiger partial charge < -0.3 is 29.9 Å². The molecule has 4 rings (SSSR count). The first-order valence-corrected chi connectivity index (χ1v) is 13.3. The highest BCUT2D eigenvalue weighted by molar-refractivity contribution is 8.13. The summed E-state index contributed by atoms with van der Waals surface area (Å²) in [6, 6.07) is 12.1. The molecule has 2 aliphatic heterocycles. The lowest BCUT2D eigenvalue weighted by Gasteiger charge is -2.39. The van der Waals surface area contributed by atoms with Crippen LogP contribution in [-0.2, 0) is 15.3 Å². The van der Waals surface area contributed by atoms with Crippen molar-refractivity contribution in [2.75, 3.05) is 33.3 Å². The van der Waals surface area contributed by atoms with Gasteiger partial charge in [-0.15, -0.1) is 0 Å². The minimum atomic E-state index is -1.26. The number of rotatable bonds is 8. The number of ether oxygens (including phenoxy) is 1. The first-order chi connectivity index (χ1) is 18.6. The second-order valence-electron chi connectivity index (χ2n) is 9.01. The fraction of sp³-hybridized carbons (Fsp3) is 0.370. The molecule has 0 aromatic heterocycles. The molecule has 1 saturated heterocycles. The zero-order chi connectivity index (χ0) is 28.4. The molecule has 9 nitrogen and oxygen atoms in total. The van der Waals surface area contributed by atoms with Crippen molar-refractivity contribution in [2.24, 2.45) is 4.99 Å². The molecule has 0 amide bonds. The van der Waals surface area contributed by atoms with Gasteiger partial charge in [0.1, 0.15) is 18.5 Å². The van der Waals surface area contributed by atoms with E-state index in [1.165, 1.54) is 11.6 Å². The maximum atomic E-state index is 13.2. The highest BCUT2D eigenvalue weighted by Gasteiger charge is 2.27. The Kier molecular flexibility index (Phi) is 11.3. The number of hydrogen-bond donors (Lipinski definition) is 3. The van der Waals surface area contributed by atoms with Gasteiger partial charge in [-0.1, -0.05) is 30.0 Å². The first-order valence-electron chi connectivity index (χ1n) is 12.3. The number of carbonyl (C=O) groups is 2. The normalized spacial score (nSPS) is 16.5. The van der Waals surface area contributed by atoms with E-state index in [2.05, 4.69) is 35.0 Å². The molecule has 39 heavy (non-hydrogen) atoms. The molecule has 3 N–H and O–H groups in total. The molecule has 2 heterocycles. The minimum absolute atomic E-state index is 0.0394. The molecular weight excluding hydrogens is 532 g/mol. The Morgan fingerprint density at radius 1 is 1.13 bits per heavy atom. The average Bonchev–Trinajstić information content (AvgIpc) is 2.92. The number of piperidine rings is 1. The summed E-state index contributed by atoms with van der Waals surface area (Å²) in [6.07, 6.45) is 2.41. The number of fused-ring (bicyclic) bond motifs is 1. The van der Waals surface area contributed by atoms with E-state index in [9.17, 15) is 23.5 Å². The topological polar surface area (TPSA) is 123 Å². The molecule has 2 aromatic carbocycles. The zero-order valence-electron chi connectivity index (χ0n) is 21.4. The van der Waals surface area contributed by atoms with E-state index < -0.39 is 29.7 Å². The van der Waals surface area contributed by atoms with Crippen LogP contribution in [0.25, 0.3) is 0 Å². The number of halogens is 2. The second kappa shape index (κ2) is 14.6. The summed E-state index contributed by atoms with van der Waals surface area (Å²) in [5.74, 6) is -3.22. The molecule has 0 bridgehead atoms. The quantitative estimate of drug-likeness (QED) is 0.412. The summed E-state index contributed by atoms with van der Waals surface area (Å²) in [6.45, 7) is 2.29. The molecule has 0 radical (unpaired) electrons. The highest BCUT2D eigenvalue weighted by Crippen LogP contribution is 2.33. The second-order valence-corrected chi connectivity index (χ2v) is 9.95. The number of β-amino-alcohol motifs (C(OH)–C–C–N with tert-alkyl or cyclic N) is 1. The number of carboxylic acids is 2. The lowest BCUT2D eigenvalue weighted by atomic mass is 10.0. The Bertz CT molecular complexity index is 1190. The maximum Gasteiger partial charge on any atom is 0.328 e. The summed E-state index contributed by atoms with van der Waals surface area (Å²) >= 11 is 1.78. The molecule has 1 fully saturated rings. The third kappa shape index (κ3) is 9.65. The van der Waals surface area contributed by atoms with E-state index in [-0.39, 0.29) is 12.4 Å². The smallest absolute Gasteiger partial charge is 0.328 e. The van der Waals surface area contributed by atoms with Gasteiger partial charge in [0.15, 0.2) is 16.8 Å². The number of benzene rings is 2. The van der Waals surface area contributed by atoms with E-state index in [1.54, 1.807) is 11.8 Å². The van der Waals surface area contributed by atoms with Gasteiger partial charge in [0, 0.05) is 56.7 Å². The maximum absolute atomic E-state index is 13.2. The molecule has 0 saturated carbocycles. The van der Waals surface area contributed by atoms with Gasteiger partial charge in [-0.05, 0) is 36.6 Å². The predicted molar refractivity (Wildman–Crippen MR) is 144 cm³/mol. The molecule has 0 unspecified atom stereocenters. The van der Waals surface area contributed by atoms with Crippen LogP contribution in [0.3, 0.4) is 0 Å². The molecule has 1 atom stereocenters. The zero-order valence-corrected chi connectivity index (χ0v) is 22.2. The van der Waals surface area contributed by atoms with Gasteiger partial charge in [-0.3, -0.25) is 0 Å². The number of para-hydroxylation sites is 1. The summed E-state index contributed by atoms with van der Waals surface area (Å²) in [5.41, 5.74) is 2.34. The van der Waals surface area contributed by atoms with Crippen molar-refractivity contribution in [3.05, 3.63) is 71.8 Å². The molecule has 210 valence electrons. The van der Waals surface area contributed by atoms with Crippen molar-refractivity contribution in [2.45, 2.75) is 30.7 Å². The summed E-state index contributed by atoms with van der Waals surface area (Å²) in [5, 5.41) is 27.0. The molecule has 12 heteroatoms. The first kappa shape index (κ1) is 30.1. The standard InChI is InChI=1S/C23H27F2N3O2S.C4H4O4/c1-27(23-26-22-5-3-2-4-16(22)15-31-23)17-8-10-28(11-9-17)13-18(29)14-30-19-6-7-20(24)21(25)12-19;5-3(6)1-2-4(7)8/h2-7,12,17-18,29H,8-11,13-15H2,1H3;1-2H,(H,5,6)(H,7,8)/t18-;/m0./s1.